The molecule has 2 aromatic carbocycles. The lowest BCUT2D eigenvalue weighted by atomic mass is 9.88. The van der Waals surface area contributed by atoms with Crippen molar-refractivity contribution in [2.75, 3.05) is 11.2 Å². The molecule has 0 radical (unpaired) electrons. The molecule has 6 heteroatoms. The van der Waals surface area contributed by atoms with E-state index in [-0.39, 0.29) is 17.9 Å². The van der Waals surface area contributed by atoms with Gasteiger partial charge in [0, 0.05) is 12.0 Å². The standard InChI is InChI=1S/C23H21ClN2O3/c1-15-11-17-12-19(28-22-10-7-18(14-25-22)26-21(27)13-24)8-9-20(17)29-23(15)16-5-3-2-4-6-16/h2-10,12,14-15,23H,11,13H2,1H3,(H,26,27). The molecule has 0 saturated heterocycles. The summed E-state index contributed by atoms with van der Waals surface area (Å²) >= 11 is 5.49. The number of carbonyl (C=O) groups excluding carboxylic acids is 1. The van der Waals surface area contributed by atoms with E-state index in [0.717, 1.165) is 17.7 Å². The summed E-state index contributed by atoms with van der Waals surface area (Å²) < 4.78 is 12.1. The van der Waals surface area contributed by atoms with E-state index in [1.807, 2.05) is 36.4 Å². The number of halogens is 1. The highest BCUT2D eigenvalue weighted by Gasteiger charge is 2.28. The zero-order valence-corrected chi connectivity index (χ0v) is 16.7. The van der Waals surface area contributed by atoms with Crippen molar-refractivity contribution in [2.24, 2.45) is 5.92 Å². The molecular weight excluding hydrogens is 388 g/mol. The number of nitrogens with one attached hydrogen (secondary N) is 1. The number of aromatic nitrogens is 1. The number of hydrogen-bond acceptors (Lipinski definition) is 4. The Morgan fingerprint density at radius 1 is 1.21 bits per heavy atom. The number of carbonyl (C=O) groups is 1. The van der Waals surface area contributed by atoms with Gasteiger partial charge in [-0.3, -0.25) is 4.79 Å². The first kappa shape index (κ1) is 19.3. The zero-order valence-electron chi connectivity index (χ0n) is 16.0. The van der Waals surface area contributed by atoms with Crippen molar-refractivity contribution in [3.05, 3.63) is 78.0 Å². The van der Waals surface area contributed by atoms with Crippen LogP contribution in [0.4, 0.5) is 5.69 Å². The molecule has 2 atom stereocenters. The number of pyridine rings is 1. The van der Waals surface area contributed by atoms with Gasteiger partial charge in [-0.25, -0.2) is 4.98 Å². The van der Waals surface area contributed by atoms with Gasteiger partial charge in [-0.2, -0.15) is 0 Å². The zero-order chi connectivity index (χ0) is 20.2. The molecule has 0 fully saturated rings. The number of alkyl halides is 1. The number of anilines is 1. The molecule has 0 bridgehead atoms. The summed E-state index contributed by atoms with van der Waals surface area (Å²) in [6.07, 6.45) is 2.49. The maximum absolute atomic E-state index is 11.3. The Kier molecular flexibility index (Phi) is 5.67. The second kappa shape index (κ2) is 8.53. The number of ether oxygens (including phenoxy) is 2. The third kappa shape index (κ3) is 4.51. The first-order valence-corrected chi connectivity index (χ1v) is 10.00. The number of amides is 1. The van der Waals surface area contributed by atoms with Crippen molar-refractivity contribution in [3.63, 3.8) is 0 Å². The molecule has 1 aromatic heterocycles. The van der Waals surface area contributed by atoms with Gasteiger partial charge in [-0.15, -0.1) is 11.6 Å². The Morgan fingerprint density at radius 2 is 2.03 bits per heavy atom. The summed E-state index contributed by atoms with van der Waals surface area (Å²) in [5.41, 5.74) is 2.88. The van der Waals surface area contributed by atoms with Gasteiger partial charge in [0.2, 0.25) is 11.8 Å². The van der Waals surface area contributed by atoms with E-state index in [9.17, 15) is 4.79 Å². The van der Waals surface area contributed by atoms with Gasteiger partial charge in [0.1, 0.15) is 23.5 Å². The summed E-state index contributed by atoms with van der Waals surface area (Å²) in [7, 11) is 0. The average molecular weight is 409 g/mol. The van der Waals surface area contributed by atoms with Gasteiger partial charge in [-0.1, -0.05) is 37.3 Å². The number of nitrogens with zero attached hydrogens (tertiary/aromatic N) is 1. The lowest BCUT2D eigenvalue weighted by Gasteiger charge is -2.32. The Bertz CT molecular complexity index is 993. The Hall–Kier alpha value is -3.05. The largest absolute Gasteiger partial charge is 0.485 e. The first-order valence-electron chi connectivity index (χ1n) is 9.46. The van der Waals surface area contributed by atoms with E-state index in [1.54, 1.807) is 12.1 Å². The lowest BCUT2D eigenvalue weighted by molar-refractivity contribution is -0.113. The molecule has 0 spiro atoms. The average Bonchev–Trinajstić information content (AvgIpc) is 2.75. The summed E-state index contributed by atoms with van der Waals surface area (Å²) in [4.78, 5) is 15.5. The monoisotopic (exact) mass is 408 g/mol. The van der Waals surface area contributed by atoms with Gasteiger partial charge in [0.25, 0.3) is 0 Å². The highest BCUT2D eigenvalue weighted by atomic mass is 35.5. The molecule has 4 rings (SSSR count). The van der Waals surface area contributed by atoms with Crippen LogP contribution in [0.2, 0.25) is 0 Å². The second-order valence-corrected chi connectivity index (χ2v) is 7.34. The minimum absolute atomic E-state index is 0.0490. The van der Waals surface area contributed by atoms with E-state index < -0.39 is 0 Å². The number of fused-ring (bicyclic) bond motifs is 1. The van der Waals surface area contributed by atoms with Crippen LogP contribution >= 0.6 is 11.6 Å². The fourth-order valence-electron chi connectivity index (χ4n) is 3.47. The van der Waals surface area contributed by atoms with E-state index in [2.05, 4.69) is 29.4 Å². The summed E-state index contributed by atoms with van der Waals surface area (Å²) in [6, 6.07) is 19.6. The molecule has 1 aliphatic heterocycles. The Labute approximate surface area is 174 Å². The molecular formula is C23H21ClN2O3. The van der Waals surface area contributed by atoms with Crippen LogP contribution in [0.3, 0.4) is 0 Å². The van der Waals surface area contributed by atoms with Crippen LogP contribution in [-0.2, 0) is 11.2 Å². The number of hydrogen-bond donors (Lipinski definition) is 1. The number of rotatable bonds is 5. The SMILES string of the molecule is CC1Cc2cc(Oc3ccc(NC(=O)CCl)cn3)ccc2OC1c1ccccc1. The fourth-order valence-corrected chi connectivity index (χ4v) is 3.54. The summed E-state index contributed by atoms with van der Waals surface area (Å²) in [5, 5.41) is 2.64. The smallest absolute Gasteiger partial charge is 0.239 e. The summed E-state index contributed by atoms with van der Waals surface area (Å²) in [5.74, 6) is 2.00. The number of benzene rings is 2. The lowest BCUT2D eigenvalue weighted by Crippen LogP contribution is -2.23. The third-order valence-corrected chi connectivity index (χ3v) is 5.08. The fraction of sp³-hybridized carbons (Fsp3) is 0.217. The van der Waals surface area contributed by atoms with Crippen LogP contribution in [0.15, 0.2) is 66.9 Å². The van der Waals surface area contributed by atoms with Crippen molar-refractivity contribution < 1.29 is 14.3 Å². The van der Waals surface area contributed by atoms with Crippen molar-refractivity contribution in [1.29, 1.82) is 0 Å². The second-order valence-electron chi connectivity index (χ2n) is 7.07. The highest BCUT2D eigenvalue weighted by molar-refractivity contribution is 6.29. The predicted octanol–water partition coefficient (Wildman–Crippen LogP) is 5.36. The predicted molar refractivity (Wildman–Crippen MR) is 113 cm³/mol. The van der Waals surface area contributed by atoms with E-state index in [1.165, 1.54) is 11.8 Å². The molecule has 0 aliphatic carbocycles. The first-order chi connectivity index (χ1) is 14.1. The molecule has 0 saturated carbocycles. The van der Waals surface area contributed by atoms with E-state index in [4.69, 9.17) is 21.1 Å². The van der Waals surface area contributed by atoms with Gasteiger partial charge < -0.3 is 14.8 Å². The minimum Gasteiger partial charge on any atom is -0.485 e. The molecule has 1 aliphatic rings. The third-order valence-electron chi connectivity index (χ3n) is 4.84. The van der Waals surface area contributed by atoms with E-state index >= 15 is 0 Å². The molecule has 2 unspecified atom stereocenters. The molecule has 1 amide bonds. The normalized spacial score (nSPS) is 17.7. The van der Waals surface area contributed by atoms with Crippen LogP contribution in [-0.4, -0.2) is 16.8 Å². The highest BCUT2D eigenvalue weighted by Crippen LogP contribution is 2.40. The van der Waals surface area contributed by atoms with Crippen molar-refractivity contribution in [3.8, 4) is 17.4 Å². The Morgan fingerprint density at radius 3 is 2.76 bits per heavy atom. The van der Waals surface area contributed by atoms with E-state index in [0.29, 0.717) is 23.2 Å². The van der Waals surface area contributed by atoms with Crippen LogP contribution in [0, 0.1) is 5.92 Å². The Balaban J connectivity index is 1.47. The molecule has 1 N–H and O–H groups in total. The van der Waals surface area contributed by atoms with Gasteiger partial charge in [-0.05, 0) is 41.8 Å². The van der Waals surface area contributed by atoms with Crippen LogP contribution in [0.5, 0.6) is 17.4 Å². The maximum Gasteiger partial charge on any atom is 0.239 e. The molecule has 148 valence electrons. The van der Waals surface area contributed by atoms with Gasteiger partial charge in [0.15, 0.2) is 0 Å². The molecule has 2 heterocycles. The van der Waals surface area contributed by atoms with Crippen LogP contribution < -0.4 is 14.8 Å². The van der Waals surface area contributed by atoms with Gasteiger partial charge >= 0.3 is 0 Å². The van der Waals surface area contributed by atoms with Crippen LogP contribution in [0.25, 0.3) is 0 Å². The molecule has 3 aromatic rings. The molecule has 29 heavy (non-hydrogen) atoms. The van der Waals surface area contributed by atoms with Gasteiger partial charge in [0.05, 0.1) is 11.9 Å². The topological polar surface area (TPSA) is 60.5 Å². The summed E-state index contributed by atoms with van der Waals surface area (Å²) in [6.45, 7) is 2.20. The van der Waals surface area contributed by atoms with Crippen LogP contribution in [0.1, 0.15) is 24.2 Å². The van der Waals surface area contributed by atoms with Crippen molar-refractivity contribution in [2.45, 2.75) is 19.4 Å². The molecule has 5 nitrogen and oxygen atoms in total. The van der Waals surface area contributed by atoms with Crippen molar-refractivity contribution in [1.82, 2.24) is 4.98 Å². The van der Waals surface area contributed by atoms with Crippen molar-refractivity contribution >= 4 is 23.2 Å². The minimum atomic E-state index is -0.278. The quantitative estimate of drug-likeness (QED) is 0.577. The maximum atomic E-state index is 11.3.